The van der Waals surface area contributed by atoms with Crippen molar-refractivity contribution in [1.82, 2.24) is 29.2 Å². The van der Waals surface area contributed by atoms with Gasteiger partial charge < -0.3 is 29.8 Å². The first-order chi connectivity index (χ1) is 22.2. The number of fused-ring (bicyclic) bond motifs is 1. The first-order valence-corrected chi connectivity index (χ1v) is 15.6. The van der Waals surface area contributed by atoms with E-state index < -0.39 is 17.7 Å². The van der Waals surface area contributed by atoms with Crippen molar-refractivity contribution in [3.05, 3.63) is 47.8 Å². The third-order valence-electron chi connectivity index (χ3n) is 7.88. The van der Waals surface area contributed by atoms with E-state index in [1.807, 2.05) is 22.8 Å². The molecule has 0 bridgehead atoms. The van der Waals surface area contributed by atoms with E-state index in [2.05, 4.69) is 22.0 Å². The van der Waals surface area contributed by atoms with Gasteiger partial charge >= 0.3 is 12.1 Å². The van der Waals surface area contributed by atoms with E-state index in [4.69, 9.17) is 15.2 Å². The van der Waals surface area contributed by atoms with Crippen molar-refractivity contribution in [2.45, 2.75) is 59.6 Å². The summed E-state index contributed by atoms with van der Waals surface area (Å²) in [5, 5.41) is 13.8. The Hall–Kier alpha value is -5.14. The zero-order valence-electron chi connectivity index (χ0n) is 27.7. The SMILES string of the molecule is Cc1cc(C(=O)O)cc(-c2cnn(C)c2OCCC[C@@H](C)Cn2c(N)nc3ccc(N4CCN(C(=O)OC(C)(C)C)CC4=O)cc32)n1. The summed E-state index contributed by atoms with van der Waals surface area (Å²) >= 11 is 0. The quantitative estimate of drug-likeness (QED) is 0.234. The number of nitrogens with two attached hydrogens (primary N) is 1. The minimum absolute atomic E-state index is 0.0569. The molecule has 1 aromatic carbocycles. The van der Waals surface area contributed by atoms with Crippen molar-refractivity contribution in [3.8, 4) is 17.1 Å². The van der Waals surface area contributed by atoms with Crippen LogP contribution >= 0.6 is 0 Å². The number of piperazine rings is 1. The van der Waals surface area contributed by atoms with Crippen molar-refractivity contribution >= 4 is 40.6 Å². The van der Waals surface area contributed by atoms with Crippen molar-refractivity contribution in [2.24, 2.45) is 13.0 Å². The molecule has 1 aliphatic rings. The van der Waals surface area contributed by atoms with Gasteiger partial charge in [-0.25, -0.2) is 19.3 Å². The number of carbonyl (C=O) groups excluding carboxylic acids is 2. The standard InChI is InChI=1S/C33H42N8O6/c1-20(8-7-13-46-29-24(17-35-38(29)6)26-15-22(30(43)44)14-21(2)36-26)18-41-27-16-23(9-10-25(27)37-31(41)34)40-12-11-39(19-28(40)42)32(45)47-33(3,4)5/h9-10,14-17,20H,7-8,11-13,18-19H2,1-6H3,(H2,34,37)(H,43,44)/t20-/m1/s1. The number of aryl methyl sites for hydroxylation is 2. The second-order valence-electron chi connectivity index (χ2n) is 13.0. The molecule has 0 saturated carbocycles. The number of nitrogens with zero attached hydrogens (tertiary/aromatic N) is 7. The number of benzene rings is 1. The number of nitrogen functional groups attached to an aromatic ring is 1. The highest BCUT2D eigenvalue weighted by atomic mass is 16.6. The Balaban J connectivity index is 1.20. The minimum Gasteiger partial charge on any atom is -0.478 e. The van der Waals surface area contributed by atoms with Crippen LogP contribution in [-0.2, 0) is 23.1 Å². The fourth-order valence-electron chi connectivity index (χ4n) is 5.62. The molecule has 0 aliphatic carbocycles. The van der Waals surface area contributed by atoms with Crippen LogP contribution in [0.4, 0.5) is 16.4 Å². The van der Waals surface area contributed by atoms with Gasteiger partial charge in [-0.15, -0.1) is 0 Å². The molecule has 47 heavy (non-hydrogen) atoms. The van der Waals surface area contributed by atoms with Gasteiger partial charge in [-0.2, -0.15) is 5.10 Å². The molecule has 14 heteroatoms. The van der Waals surface area contributed by atoms with Crippen molar-refractivity contribution in [2.75, 3.05) is 36.9 Å². The fourth-order valence-corrected chi connectivity index (χ4v) is 5.62. The van der Waals surface area contributed by atoms with Crippen LogP contribution in [0.2, 0.25) is 0 Å². The molecule has 2 amide bonds. The van der Waals surface area contributed by atoms with Crippen LogP contribution in [-0.4, -0.2) is 84.1 Å². The molecule has 0 spiro atoms. The average molecular weight is 647 g/mol. The highest BCUT2D eigenvalue weighted by Gasteiger charge is 2.31. The Labute approximate surface area is 273 Å². The van der Waals surface area contributed by atoms with Crippen LogP contribution in [0.15, 0.2) is 36.5 Å². The number of hydrogen-bond acceptors (Lipinski definition) is 9. The van der Waals surface area contributed by atoms with Crippen LogP contribution in [0.3, 0.4) is 0 Å². The summed E-state index contributed by atoms with van der Waals surface area (Å²) in [6, 6.07) is 8.68. The lowest BCUT2D eigenvalue weighted by atomic mass is 10.1. The number of carboxylic acid groups (broad SMARTS) is 1. The normalized spacial score (nSPS) is 14.5. The molecule has 1 saturated heterocycles. The minimum atomic E-state index is -1.02. The summed E-state index contributed by atoms with van der Waals surface area (Å²) in [4.78, 5) is 49.3. The molecule has 3 aromatic heterocycles. The molecule has 1 aliphatic heterocycles. The van der Waals surface area contributed by atoms with E-state index in [-0.39, 0.29) is 23.9 Å². The lowest BCUT2D eigenvalue weighted by molar-refractivity contribution is -0.121. The first kappa shape index (κ1) is 33.2. The first-order valence-electron chi connectivity index (χ1n) is 15.6. The third kappa shape index (κ3) is 7.64. The summed E-state index contributed by atoms with van der Waals surface area (Å²) in [6.07, 6.45) is 2.72. The second kappa shape index (κ2) is 13.3. The average Bonchev–Trinajstić information content (AvgIpc) is 3.51. The van der Waals surface area contributed by atoms with Crippen molar-refractivity contribution < 1.29 is 29.0 Å². The predicted molar refractivity (Wildman–Crippen MR) is 176 cm³/mol. The van der Waals surface area contributed by atoms with Gasteiger partial charge in [0.25, 0.3) is 0 Å². The zero-order chi connectivity index (χ0) is 34.0. The number of anilines is 2. The van der Waals surface area contributed by atoms with E-state index in [0.717, 1.165) is 29.6 Å². The maximum Gasteiger partial charge on any atom is 0.410 e. The summed E-state index contributed by atoms with van der Waals surface area (Å²) < 4.78 is 15.1. The molecular formula is C33H42N8O6. The van der Waals surface area contributed by atoms with E-state index in [1.165, 1.54) is 17.0 Å². The van der Waals surface area contributed by atoms with E-state index in [0.29, 0.717) is 55.0 Å². The van der Waals surface area contributed by atoms with Gasteiger partial charge in [0.15, 0.2) is 0 Å². The number of pyridine rings is 1. The molecule has 250 valence electrons. The van der Waals surface area contributed by atoms with Crippen molar-refractivity contribution in [3.63, 3.8) is 0 Å². The Bertz CT molecular complexity index is 1810. The molecule has 1 fully saturated rings. The Kier molecular flexibility index (Phi) is 9.40. The Morgan fingerprint density at radius 1 is 1.13 bits per heavy atom. The molecule has 14 nitrogen and oxygen atoms in total. The highest BCUT2D eigenvalue weighted by molar-refractivity contribution is 5.99. The zero-order valence-corrected chi connectivity index (χ0v) is 27.7. The second-order valence-corrected chi connectivity index (χ2v) is 13.0. The molecule has 4 heterocycles. The Morgan fingerprint density at radius 3 is 2.60 bits per heavy atom. The number of rotatable bonds is 10. The number of imidazole rings is 1. The van der Waals surface area contributed by atoms with Gasteiger partial charge in [0.1, 0.15) is 12.1 Å². The van der Waals surface area contributed by atoms with Crippen LogP contribution < -0.4 is 15.4 Å². The van der Waals surface area contributed by atoms with E-state index >= 15 is 0 Å². The topological polar surface area (TPSA) is 171 Å². The number of carboxylic acids is 1. The van der Waals surface area contributed by atoms with Gasteiger partial charge in [0, 0.05) is 38.1 Å². The lowest BCUT2D eigenvalue weighted by Gasteiger charge is -2.35. The third-order valence-corrected chi connectivity index (χ3v) is 7.88. The summed E-state index contributed by atoms with van der Waals surface area (Å²) in [7, 11) is 1.77. The number of ether oxygens (including phenoxy) is 2. The maximum absolute atomic E-state index is 13.1. The van der Waals surface area contributed by atoms with Crippen LogP contribution in [0, 0.1) is 12.8 Å². The molecule has 4 aromatic rings. The maximum atomic E-state index is 13.1. The smallest absolute Gasteiger partial charge is 0.410 e. The van der Waals surface area contributed by atoms with Crippen LogP contribution in [0.25, 0.3) is 22.3 Å². The number of hydrogen-bond donors (Lipinski definition) is 2. The largest absolute Gasteiger partial charge is 0.478 e. The molecule has 5 rings (SSSR count). The highest BCUT2D eigenvalue weighted by Crippen LogP contribution is 2.30. The number of aromatic carboxylic acids is 1. The molecule has 3 N–H and O–H groups in total. The van der Waals surface area contributed by atoms with Gasteiger partial charge in [-0.1, -0.05) is 6.92 Å². The Morgan fingerprint density at radius 2 is 1.89 bits per heavy atom. The van der Waals surface area contributed by atoms with Crippen LogP contribution in [0.5, 0.6) is 5.88 Å². The van der Waals surface area contributed by atoms with E-state index in [9.17, 15) is 19.5 Å². The molecule has 0 unspecified atom stereocenters. The number of carbonyl (C=O) groups is 3. The van der Waals surface area contributed by atoms with Gasteiger partial charge in [0.2, 0.25) is 17.7 Å². The van der Waals surface area contributed by atoms with Gasteiger partial charge in [-0.05, 0) is 76.8 Å². The number of aromatic nitrogens is 5. The van der Waals surface area contributed by atoms with Crippen molar-refractivity contribution in [1.29, 1.82) is 0 Å². The monoisotopic (exact) mass is 646 g/mol. The predicted octanol–water partition coefficient (Wildman–Crippen LogP) is 4.50. The van der Waals surface area contributed by atoms with Gasteiger partial charge in [0.05, 0.1) is 40.7 Å². The molecule has 1 atom stereocenters. The molecule has 0 radical (unpaired) electrons. The summed E-state index contributed by atoms with van der Waals surface area (Å²) in [5.41, 5.74) is 9.86. The van der Waals surface area contributed by atoms with Gasteiger partial charge in [-0.3, -0.25) is 14.7 Å². The summed E-state index contributed by atoms with van der Waals surface area (Å²) in [6.45, 7) is 11.0. The fraction of sp³-hybridized carbons (Fsp3) is 0.455. The lowest BCUT2D eigenvalue weighted by Crippen LogP contribution is -2.53. The van der Waals surface area contributed by atoms with Crippen LogP contribution in [0.1, 0.15) is 56.6 Å². The number of amides is 2. The van der Waals surface area contributed by atoms with E-state index in [1.54, 1.807) is 50.5 Å². The molecular weight excluding hydrogens is 604 g/mol. The summed E-state index contributed by atoms with van der Waals surface area (Å²) in [5.74, 6) is -0.0705.